The zero-order valence-electron chi connectivity index (χ0n) is 26.1. The van der Waals surface area contributed by atoms with E-state index in [0.29, 0.717) is 5.82 Å². The quantitative estimate of drug-likeness (QED) is 0.200. The summed E-state index contributed by atoms with van der Waals surface area (Å²) in [4.78, 5) is 10.0. The molecule has 0 N–H and O–H groups in total. The number of aromatic nitrogens is 2. The highest BCUT2D eigenvalue weighted by Crippen LogP contribution is 2.52. The Labute approximate surface area is 273 Å². The van der Waals surface area contributed by atoms with E-state index in [0.717, 1.165) is 83.8 Å². The highest BCUT2D eigenvalue weighted by Gasteiger charge is 2.36. The van der Waals surface area contributed by atoms with E-state index in [9.17, 15) is 0 Å². The SMILES string of the molecule is CC1(C)c2ccc(-c3cccc(-c4cc(-c5ccccc5)nc(-c5ccccc5)n4)c3)cc2Oc2c1ccc1c2oc2ccccc21. The minimum Gasteiger partial charge on any atom is -0.453 e. The lowest BCUT2D eigenvalue weighted by Gasteiger charge is -2.34. The average molecular weight is 607 g/mol. The highest BCUT2D eigenvalue weighted by atomic mass is 16.5. The number of furan rings is 1. The van der Waals surface area contributed by atoms with E-state index in [2.05, 4.69) is 105 Å². The number of rotatable bonds is 4. The molecule has 4 heteroatoms. The minimum atomic E-state index is -0.265. The zero-order chi connectivity index (χ0) is 31.5. The predicted molar refractivity (Wildman–Crippen MR) is 190 cm³/mol. The molecule has 224 valence electrons. The van der Waals surface area contributed by atoms with Crippen LogP contribution in [0, 0.1) is 0 Å². The van der Waals surface area contributed by atoms with Crippen molar-refractivity contribution in [1.29, 1.82) is 0 Å². The van der Waals surface area contributed by atoms with Crippen LogP contribution in [-0.2, 0) is 5.41 Å². The summed E-state index contributed by atoms with van der Waals surface area (Å²) < 4.78 is 13.1. The largest absolute Gasteiger partial charge is 0.453 e. The molecule has 9 rings (SSSR count). The number of nitrogens with zero attached hydrogens (tertiary/aromatic N) is 2. The fraction of sp³-hybridized carbons (Fsp3) is 0.0698. The number of para-hydroxylation sites is 1. The Hall–Kier alpha value is -6.00. The van der Waals surface area contributed by atoms with Gasteiger partial charge >= 0.3 is 0 Å². The van der Waals surface area contributed by atoms with Crippen molar-refractivity contribution in [3.8, 4) is 56.5 Å². The van der Waals surface area contributed by atoms with Gasteiger partial charge in [-0.1, -0.05) is 129 Å². The third-order valence-corrected chi connectivity index (χ3v) is 9.36. The van der Waals surface area contributed by atoms with Gasteiger partial charge in [-0.25, -0.2) is 9.97 Å². The molecule has 3 heterocycles. The lowest BCUT2D eigenvalue weighted by atomic mass is 9.75. The summed E-state index contributed by atoms with van der Waals surface area (Å²) in [7, 11) is 0. The van der Waals surface area contributed by atoms with Crippen molar-refractivity contribution >= 4 is 21.9 Å². The predicted octanol–water partition coefficient (Wildman–Crippen LogP) is 11.5. The van der Waals surface area contributed by atoms with Gasteiger partial charge in [-0.05, 0) is 41.5 Å². The third-order valence-electron chi connectivity index (χ3n) is 9.36. The molecule has 2 aromatic heterocycles. The van der Waals surface area contributed by atoms with Crippen molar-refractivity contribution < 1.29 is 9.15 Å². The topological polar surface area (TPSA) is 48.2 Å². The van der Waals surface area contributed by atoms with Gasteiger partial charge in [-0.3, -0.25) is 0 Å². The summed E-state index contributed by atoms with van der Waals surface area (Å²) in [6.45, 7) is 4.51. The molecule has 8 aromatic rings. The van der Waals surface area contributed by atoms with Crippen LogP contribution in [0.15, 0.2) is 150 Å². The number of hydrogen-bond donors (Lipinski definition) is 0. The third kappa shape index (κ3) is 4.52. The maximum atomic E-state index is 6.75. The van der Waals surface area contributed by atoms with E-state index in [1.165, 1.54) is 0 Å². The fourth-order valence-corrected chi connectivity index (χ4v) is 6.84. The maximum absolute atomic E-state index is 6.75. The second-order valence-corrected chi connectivity index (χ2v) is 12.6. The lowest BCUT2D eigenvalue weighted by molar-refractivity contribution is 0.415. The first kappa shape index (κ1) is 27.3. The molecule has 0 radical (unpaired) electrons. The van der Waals surface area contributed by atoms with Gasteiger partial charge in [0.25, 0.3) is 0 Å². The summed E-state index contributed by atoms with van der Waals surface area (Å²) in [5.74, 6) is 2.34. The van der Waals surface area contributed by atoms with Crippen molar-refractivity contribution in [3.63, 3.8) is 0 Å². The molecule has 1 aliphatic heterocycles. The Morgan fingerprint density at radius 3 is 1.94 bits per heavy atom. The molecular weight excluding hydrogens is 576 g/mol. The first-order valence-corrected chi connectivity index (χ1v) is 15.9. The van der Waals surface area contributed by atoms with Gasteiger partial charge < -0.3 is 9.15 Å². The van der Waals surface area contributed by atoms with Crippen LogP contribution in [0.3, 0.4) is 0 Å². The van der Waals surface area contributed by atoms with Crippen molar-refractivity contribution in [3.05, 3.63) is 157 Å². The molecule has 0 unspecified atom stereocenters. The van der Waals surface area contributed by atoms with Gasteiger partial charge in [-0.2, -0.15) is 0 Å². The first-order valence-electron chi connectivity index (χ1n) is 15.9. The van der Waals surface area contributed by atoms with Gasteiger partial charge in [0.1, 0.15) is 11.3 Å². The van der Waals surface area contributed by atoms with Gasteiger partial charge in [0.05, 0.1) is 11.4 Å². The molecule has 0 saturated carbocycles. The normalized spacial score (nSPS) is 13.2. The number of hydrogen-bond acceptors (Lipinski definition) is 4. The molecule has 0 bridgehead atoms. The highest BCUT2D eigenvalue weighted by molar-refractivity contribution is 6.07. The molecule has 1 aliphatic rings. The summed E-state index contributed by atoms with van der Waals surface area (Å²) in [6, 6.07) is 50.1. The van der Waals surface area contributed by atoms with E-state index in [4.69, 9.17) is 19.1 Å². The summed E-state index contributed by atoms with van der Waals surface area (Å²) in [5, 5.41) is 2.16. The molecule has 0 fully saturated rings. The van der Waals surface area contributed by atoms with Crippen LogP contribution < -0.4 is 4.74 Å². The van der Waals surface area contributed by atoms with Gasteiger partial charge in [0.15, 0.2) is 17.2 Å². The Kier molecular flexibility index (Phi) is 6.12. The van der Waals surface area contributed by atoms with E-state index < -0.39 is 0 Å². The Morgan fingerprint density at radius 1 is 0.489 bits per heavy atom. The fourth-order valence-electron chi connectivity index (χ4n) is 6.84. The van der Waals surface area contributed by atoms with Crippen LogP contribution in [0.25, 0.3) is 67.0 Å². The zero-order valence-corrected chi connectivity index (χ0v) is 26.1. The molecule has 0 spiro atoms. The Balaban J connectivity index is 1.14. The smallest absolute Gasteiger partial charge is 0.178 e. The van der Waals surface area contributed by atoms with Crippen molar-refractivity contribution in [2.24, 2.45) is 0 Å². The molecule has 47 heavy (non-hydrogen) atoms. The first-order chi connectivity index (χ1) is 23.0. The second-order valence-electron chi connectivity index (χ2n) is 12.6. The molecule has 0 amide bonds. The van der Waals surface area contributed by atoms with E-state index >= 15 is 0 Å². The van der Waals surface area contributed by atoms with Gasteiger partial charge in [0, 0.05) is 44.0 Å². The van der Waals surface area contributed by atoms with Gasteiger partial charge in [0.2, 0.25) is 0 Å². The second kappa shape index (κ2) is 10.5. The van der Waals surface area contributed by atoms with Crippen LogP contribution in [0.1, 0.15) is 25.0 Å². The molecular formula is C43H30N2O2. The van der Waals surface area contributed by atoms with Crippen molar-refractivity contribution in [1.82, 2.24) is 9.97 Å². The Morgan fingerprint density at radius 2 is 1.13 bits per heavy atom. The summed E-state index contributed by atoms with van der Waals surface area (Å²) in [6.07, 6.45) is 0. The van der Waals surface area contributed by atoms with Crippen LogP contribution >= 0.6 is 0 Å². The lowest BCUT2D eigenvalue weighted by Crippen LogP contribution is -2.24. The monoisotopic (exact) mass is 606 g/mol. The summed E-state index contributed by atoms with van der Waals surface area (Å²) >= 11 is 0. The number of ether oxygens (including phenoxy) is 1. The Bertz CT molecular complexity index is 2400. The van der Waals surface area contributed by atoms with Crippen molar-refractivity contribution in [2.75, 3.05) is 0 Å². The molecule has 0 aliphatic carbocycles. The minimum absolute atomic E-state index is 0.265. The summed E-state index contributed by atoms with van der Waals surface area (Å²) in [5.41, 5.74) is 10.6. The molecule has 6 aromatic carbocycles. The van der Waals surface area contributed by atoms with E-state index in [-0.39, 0.29) is 5.41 Å². The number of benzene rings is 6. The van der Waals surface area contributed by atoms with Crippen LogP contribution in [0.4, 0.5) is 0 Å². The molecule has 0 saturated heterocycles. The standard InChI is InChI=1S/C43H30N2O2/c1-43(2)34-22-20-30(25-39(34)47-41-35(43)23-21-33-32-18-9-10-19-38(32)46-40(33)41)29-16-11-17-31(24-29)37-26-36(27-12-5-3-6-13-27)44-42(45-37)28-14-7-4-8-15-28/h3-26H,1-2H3. The maximum Gasteiger partial charge on any atom is 0.178 e. The molecule has 4 nitrogen and oxygen atoms in total. The number of fused-ring (bicyclic) bond motifs is 6. The van der Waals surface area contributed by atoms with Crippen molar-refractivity contribution in [2.45, 2.75) is 19.3 Å². The van der Waals surface area contributed by atoms with Crippen LogP contribution in [0.2, 0.25) is 0 Å². The average Bonchev–Trinajstić information content (AvgIpc) is 3.51. The van der Waals surface area contributed by atoms with E-state index in [1.54, 1.807) is 0 Å². The molecule has 0 atom stereocenters. The van der Waals surface area contributed by atoms with Crippen LogP contribution in [0.5, 0.6) is 11.5 Å². The van der Waals surface area contributed by atoms with Gasteiger partial charge in [-0.15, -0.1) is 0 Å². The van der Waals surface area contributed by atoms with E-state index in [1.807, 2.05) is 54.6 Å². The van der Waals surface area contributed by atoms with Crippen LogP contribution in [-0.4, -0.2) is 9.97 Å².